The van der Waals surface area contributed by atoms with Crippen molar-refractivity contribution in [2.45, 2.75) is 64.0 Å². The van der Waals surface area contributed by atoms with E-state index in [1.807, 2.05) is 37.3 Å². The van der Waals surface area contributed by atoms with Crippen LogP contribution >= 0.6 is 0 Å². The summed E-state index contributed by atoms with van der Waals surface area (Å²) in [5, 5.41) is 19.4. The van der Waals surface area contributed by atoms with E-state index in [-0.39, 0.29) is 18.0 Å². The summed E-state index contributed by atoms with van der Waals surface area (Å²) >= 11 is 0. The topological polar surface area (TPSA) is 82.2 Å². The van der Waals surface area contributed by atoms with Crippen LogP contribution in [0.2, 0.25) is 0 Å². The maximum absolute atomic E-state index is 12.0. The van der Waals surface area contributed by atoms with Crippen molar-refractivity contribution in [2.75, 3.05) is 4.90 Å². The highest BCUT2D eigenvalue weighted by molar-refractivity contribution is 5.94. The Balaban J connectivity index is 1.67. The van der Waals surface area contributed by atoms with Gasteiger partial charge in [-0.05, 0) is 56.7 Å². The first kappa shape index (κ1) is 20.6. The first-order valence-corrected chi connectivity index (χ1v) is 11.5. The van der Waals surface area contributed by atoms with Crippen LogP contribution in [0.1, 0.15) is 62.0 Å². The molecule has 5 rings (SSSR count). The lowest BCUT2D eigenvalue weighted by Crippen LogP contribution is -2.41. The van der Waals surface area contributed by atoms with Crippen molar-refractivity contribution in [3.8, 4) is 6.07 Å². The number of imidazole rings is 1. The summed E-state index contributed by atoms with van der Waals surface area (Å²) in [7, 11) is 0. The van der Waals surface area contributed by atoms with Crippen LogP contribution in [0.25, 0.3) is 11.0 Å². The van der Waals surface area contributed by atoms with E-state index < -0.39 is 6.09 Å². The molecule has 0 unspecified atom stereocenters. The van der Waals surface area contributed by atoms with E-state index in [4.69, 9.17) is 4.98 Å². The fourth-order valence-corrected chi connectivity index (χ4v) is 5.56. The second-order valence-corrected chi connectivity index (χ2v) is 9.18. The Kier molecular flexibility index (Phi) is 5.34. The average molecular weight is 429 g/mol. The molecule has 3 aromatic rings. The number of rotatable bonds is 3. The van der Waals surface area contributed by atoms with Gasteiger partial charge in [0.25, 0.3) is 0 Å². The highest BCUT2D eigenvalue weighted by atomic mass is 16.4. The second kappa shape index (κ2) is 8.31. The lowest BCUT2D eigenvalue weighted by atomic mass is 9.86. The zero-order chi connectivity index (χ0) is 22.2. The number of hydrogen-bond acceptors (Lipinski definition) is 3. The molecule has 1 aliphatic carbocycles. The van der Waals surface area contributed by atoms with Gasteiger partial charge in [0.1, 0.15) is 5.82 Å². The number of aryl methyl sites for hydroxylation is 1. The molecule has 0 saturated heterocycles. The SMILES string of the molecule is C[C@H]1CCc2c(ccc3c2nc(Cc2ccccc2)n3[C@H]2CCC[C@H](C#N)C2)N1C(=O)O. The van der Waals surface area contributed by atoms with E-state index in [1.54, 1.807) is 0 Å². The summed E-state index contributed by atoms with van der Waals surface area (Å²) in [5.74, 6) is 1.08. The van der Waals surface area contributed by atoms with Crippen molar-refractivity contribution in [1.29, 1.82) is 5.26 Å². The molecular formula is C26H28N4O2. The summed E-state index contributed by atoms with van der Waals surface area (Å²) < 4.78 is 2.36. The van der Waals surface area contributed by atoms with Crippen LogP contribution in [0.4, 0.5) is 10.5 Å². The smallest absolute Gasteiger partial charge is 0.412 e. The Hall–Kier alpha value is -3.33. The standard InChI is InChI=1S/C26H28N4O2/c1-17-10-11-21-22(29(17)26(31)32)12-13-23-25(21)28-24(15-18-6-3-2-4-7-18)30(23)20-9-5-8-19(14-20)16-27/h2-4,6-7,12-13,17,19-20H,5,8-11,14-15H2,1H3,(H,31,32)/t17-,19-,20-/m0/s1. The molecule has 6 nitrogen and oxygen atoms in total. The third kappa shape index (κ3) is 3.52. The highest BCUT2D eigenvalue weighted by Crippen LogP contribution is 2.40. The average Bonchev–Trinajstić information content (AvgIpc) is 3.17. The summed E-state index contributed by atoms with van der Waals surface area (Å²) in [6.45, 7) is 1.96. The Morgan fingerprint density at radius 1 is 1.19 bits per heavy atom. The Morgan fingerprint density at radius 3 is 2.75 bits per heavy atom. The molecule has 164 valence electrons. The molecule has 0 bridgehead atoms. The molecular weight excluding hydrogens is 400 g/mol. The summed E-state index contributed by atoms with van der Waals surface area (Å²) in [4.78, 5) is 18.6. The van der Waals surface area contributed by atoms with Gasteiger partial charge in [-0.3, -0.25) is 4.90 Å². The molecule has 32 heavy (non-hydrogen) atoms. The van der Waals surface area contributed by atoms with Crippen molar-refractivity contribution >= 4 is 22.8 Å². The first-order valence-electron chi connectivity index (χ1n) is 11.5. The fourth-order valence-electron chi connectivity index (χ4n) is 5.56. The molecule has 0 spiro atoms. The zero-order valence-corrected chi connectivity index (χ0v) is 18.4. The van der Waals surface area contributed by atoms with Crippen molar-refractivity contribution in [3.05, 3.63) is 59.4 Å². The van der Waals surface area contributed by atoms with Crippen molar-refractivity contribution in [3.63, 3.8) is 0 Å². The van der Waals surface area contributed by atoms with Crippen molar-refractivity contribution in [2.24, 2.45) is 5.92 Å². The molecule has 2 aromatic carbocycles. The number of nitrogens with zero attached hydrogens (tertiary/aromatic N) is 4. The largest absolute Gasteiger partial charge is 0.465 e. The number of carboxylic acid groups (broad SMARTS) is 1. The fraction of sp³-hybridized carbons (Fsp3) is 0.423. The third-order valence-corrected chi connectivity index (χ3v) is 7.13. The number of fused-ring (bicyclic) bond motifs is 3. The Bertz CT molecular complexity index is 1190. The third-order valence-electron chi connectivity index (χ3n) is 7.13. The monoisotopic (exact) mass is 428 g/mol. The molecule has 0 radical (unpaired) electrons. The van der Waals surface area contributed by atoms with E-state index in [0.717, 1.165) is 73.1 Å². The van der Waals surface area contributed by atoms with Crippen LogP contribution in [-0.4, -0.2) is 26.8 Å². The van der Waals surface area contributed by atoms with E-state index in [0.29, 0.717) is 0 Å². The van der Waals surface area contributed by atoms with E-state index in [1.165, 1.54) is 10.5 Å². The Labute approximate surface area is 188 Å². The molecule has 1 aromatic heterocycles. The van der Waals surface area contributed by atoms with E-state index in [2.05, 4.69) is 22.8 Å². The lowest BCUT2D eigenvalue weighted by molar-refractivity contribution is 0.198. The number of amides is 1. The molecule has 1 N–H and O–H groups in total. The van der Waals surface area contributed by atoms with Gasteiger partial charge in [-0.25, -0.2) is 9.78 Å². The summed E-state index contributed by atoms with van der Waals surface area (Å²) in [5.41, 5.74) is 4.98. The zero-order valence-electron chi connectivity index (χ0n) is 18.4. The summed E-state index contributed by atoms with van der Waals surface area (Å²) in [6, 6.07) is 17.0. The maximum atomic E-state index is 12.0. The molecule has 1 fully saturated rings. The van der Waals surface area contributed by atoms with Gasteiger partial charge in [-0.15, -0.1) is 0 Å². The predicted molar refractivity (Wildman–Crippen MR) is 124 cm³/mol. The lowest BCUT2D eigenvalue weighted by Gasteiger charge is -2.33. The molecule has 3 atom stereocenters. The highest BCUT2D eigenvalue weighted by Gasteiger charge is 2.32. The minimum absolute atomic E-state index is 0.0435. The number of hydrogen-bond donors (Lipinski definition) is 1. The molecule has 1 amide bonds. The minimum atomic E-state index is -0.911. The van der Waals surface area contributed by atoms with Gasteiger partial charge in [0, 0.05) is 30.0 Å². The normalized spacial score (nSPS) is 23.0. The van der Waals surface area contributed by atoms with Crippen LogP contribution in [0.3, 0.4) is 0 Å². The van der Waals surface area contributed by atoms with E-state index >= 15 is 0 Å². The van der Waals surface area contributed by atoms with Crippen LogP contribution in [0.15, 0.2) is 42.5 Å². The number of benzene rings is 2. The molecule has 1 aliphatic heterocycles. The first-order chi connectivity index (χ1) is 15.6. The van der Waals surface area contributed by atoms with Gasteiger partial charge in [-0.1, -0.05) is 36.8 Å². The van der Waals surface area contributed by atoms with Gasteiger partial charge >= 0.3 is 6.09 Å². The minimum Gasteiger partial charge on any atom is -0.465 e. The number of carbonyl (C=O) groups is 1. The second-order valence-electron chi connectivity index (χ2n) is 9.18. The van der Waals surface area contributed by atoms with Gasteiger partial charge in [-0.2, -0.15) is 5.26 Å². The van der Waals surface area contributed by atoms with Crippen molar-refractivity contribution in [1.82, 2.24) is 9.55 Å². The Morgan fingerprint density at radius 2 is 2.00 bits per heavy atom. The number of anilines is 1. The molecule has 1 saturated carbocycles. The maximum Gasteiger partial charge on any atom is 0.412 e. The number of aromatic nitrogens is 2. The van der Waals surface area contributed by atoms with Crippen LogP contribution < -0.4 is 4.90 Å². The van der Waals surface area contributed by atoms with Gasteiger partial charge in [0.2, 0.25) is 0 Å². The van der Waals surface area contributed by atoms with Crippen LogP contribution in [0, 0.1) is 17.2 Å². The van der Waals surface area contributed by atoms with E-state index in [9.17, 15) is 15.2 Å². The number of nitriles is 1. The predicted octanol–water partition coefficient (Wildman–Crippen LogP) is 5.70. The van der Waals surface area contributed by atoms with Gasteiger partial charge in [0.05, 0.1) is 22.8 Å². The van der Waals surface area contributed by atoms with Gasteiger partial charge < -0.3 is 9.67 Å². The van der Waals surface area contributed by atoms with Crippen LogP contribution in [-0.2, 0) is 12.8 Å². The molecule has 6 heteroatoms. The van der Waals surface area contributed by atoms with Gasteiger partial charge in [0.15, 0.2) is 0 Å². The van der Waals surface area contributed by atoms with Crippen LogP contribution in [0.5, 0.6) is 0 Å². The quantitative estimate of drug-likeness (QED) is 0.580. The van der Waals surface area contributed by atoms with Crippen molar-refractivity contribution < 1.29 is 9.90 Å². The molecule has 2 aliphatic rings. The molecule has 2 heterocycles. The summed E-state index contributed by atoms with van der Waals surface area (Å²) in [6.07, 6.45) is 5.32.